The van der Waals surface area contributed by atoms with Gasteiger partial charge in [0.25, 0.3) is 0 Å². The van der Waals surface area contributed by atoms with Gasteiger partial charge in [-0.2, -0.15) is 0 Å². The normalized spacial score (nSPS) is 23.5. The number of carbonyl (C=O) groups excluding carboxylic acids is 1. The van der Waals surface area contributed by atoms with Gasteiger partial charge >= 0.3 is 0 Å². The summed E-state index contributed by atoms with van der Waals surface area (Å²) in [5, 5.41) is 3.20. The van der Waals surface area contributed by atoms with Gasteiger partial charge in [-0.25, -0.2) is 0 Å². The van der Waals surface area contributed by atoms with E-state index in [0.717, 1.165) is 18.4 Å². The molecule has 1 aromatic carbocycles. The quantitative estimate of drug-likeness (QED) is 0.450. The van der Waals surface area contributed by atoms with Gasteiger partial charge in [-0.15, -0.1) is 6.58 Å². The molecule has 0 saturated carbocycles. The maximum Gasteiger partial charge on any atom is 0.181 e. The third-order valence-electron chi connectivity index (χ3n) is 2.71. The molecule has 2 unspecified atom stereocenters. The highest BCUT2D eigenvalue weighted by molar-refractivity contribution is 6.02. The van der Waals surface area contributed by atoms with Crippen LogP contribution in [0.25, 0.3) is 0 Å². The van der Waals surface area contributed by atoms with Gasteiger partial charge in [0.05, 0.1) is 6.04 Å². The molecule has 0 aliphatic carbocycles. The molecule has 0 bridgehead atoms. The van der Waals surface area contributed by atoms with E-state index < -0.39 is 0 Å². The maximum absolute atomic E-state index is 11.9. The van der Waals surface area contributed by atoms with Gasteiger partial charge in [0.2, 0.25) is 0 Å². The fraction of sp³-hybridized carbons (Fsp3) is 0.308. The third-order valence-corrected chi connectivity index (χ3v) is 2.71. The van der Waals surface area contributed by atoms with Gasteiger partial charge in [-0.1, -0.05) is 36.4 Å². The molecule has 2 nitrogen and oxygen atoms in total. The second kappa shape index (κ2) is 4.41. The van der Waals surface area contributed by atoms with Crippen LogP contribution in [0.1, 0.15) is 23.2 Å². The minimum Gasteiger partial charge on any atom is -0.301 e. The van der Waals surface area contributed by atoms with E-state index in [1.165, 1.54) is 0 Å². The maximum atomic E-state index is 11.9. The van der Waals surface area contributed by atoms with Gasteiger partial charge in [-0.05, 0) is 12.8 Å². The predicted molar refractivity (Wildman–Crippen MR) is 60.9 cm³/mol. The Morgan fingerprint density at radius 3 is 2.80 bits per heavy atom. The van der Waals surface area contributed by atoms with Crippen LogP contribution >= 0.6 is 0 Å². The van der Waals surface area contributed by atoms with Crippen LogP contribution in [0.2, 0.25) is 0 Å². The highest BCUT2D eigenvalue weighted by Gasteiger charge is 2.41. The van der Waals surface area contributed by atoms with Crippen molar-refractivity contribution >= 4 is 5.78 Å². The summed E-state index contributed by atoms with van der Waals surface area (Å²) in [5.74, 6) is 0.213. The molecule has 2 atom stereocenters. The first-order chi connectivity index (χ1) is 7.33. The number of allylic oxidation sites excluding steroid dienone is 1. The van der Waals surface area contributed by atoms with Crippen molar-refractivity contribution in [2.75, 3.05) is 0 Å². The largest absolute Gasteiger partial charge is 0.301 e. The topological polar surface area (TPSA) is 39.0 Å². The summed E-state index contributed by atoms with van der Waals surface area (Å²) >= 11 is 0. The molecule has 1 fully saturated rings. The molecule has 1 aromatic rings. The summed E-state index contributed by atoms with van der Waals surface area (Å²) in [6.45, 7) is 3.68. The second-order valence-electron chi connectivity index (χ2n) is 3.85. The molecule has 0 radical (unpaired) electrons. The van der Waals surface area contributed by atoms with Crippen LogP contribution in [-0.4, -0.2) is 17.9 Å². The molecule has 0 aromatic heterocycles. The number of rotatable bonds is 5. The Hall–Kier alpha value is -1.41. The molecule has 2 heteroatoms. The van der Waals surface area contributed by atoms with Gasteiger partial charge in [0, 0.05) is 11.6 Å². The predicted octanol–water partition coefficient (Wildman–Crippen LogP) is 2.18. The lowest BCUT2D eigenvalue weighted by Crippen LogP contribution is -2.11. The van der Waals surface area contributed by atoms with Crippen molar-refractivity contribution in [1.29, 1.82) is 0 Å². The van der Waals surface area contributed by atoms with Crippen molar-refractivity contribution in [1.82, 2.24) is 5.32 Å². The number of ketones is 1. The van der Waals surface area contributed by atoms with Crippen LogP contribution < -0.4 is 5.32 Å². The van der Waals surface area contributed by atoms with Crippen LogP contribution in [0, 0.1) is 0 Å². The van der Waals surface area contributed by atoms with Crippen LogP contribution in [0.5, 0.6) is 0 Å². The number of nitrogens with one attached hydrogen (secondary N) is 1. The zero-order valence-electron chi connectivity index (χ0n) is 8.65. The molecular formula is C13H15NO. The lowest BCUT2D eigenvalue weighted by Gasteiger charge is -1.97. The van der Waals surface area contributed by atoms with Crippen molar-refractivity contribution in [2.45, 2.75) is 24.9 Å². The van der Waals surface area contributed by atoms with Gasteiger partial charge < -0.3 is 5.32 Å². The van der Waals surface area contributed by atoms with Crippen LogP contribution in [-0.2, 0) is 0 Å². The highest BCUT2D eigenvalue weighted by atomic mass is 16.1. The van der Waals surface area contributed by atoms with E-state index in [-0.39, 0.29) is 11.8 Å². The van der Waals surface area contributed by atoms with Gasteiger partial charge in [0.1, 0.15) is 0 Å². The molecule has 1 N–H and O–H groups in total. The molecular weight excluding hydrogens is 186 g/mol. The Kier molecular flexibility index (Phi) is 2.97. The van der Waals surface area contributed by atoms with Crippen molar-refractivity contribution in [2.24, 2.45) is 0 Å². The van der Waals surface area contributed by atoms with Gasteiger partial charge in [-0.3, -0.25) is 4.79 Å². The molecule has 0 spiro atoms. The molecule has 1 heterocycles. The van der Waals surface area contributed by atoms with E-state index in [0.29, 0.717) is 6.04 Å². The standard InChI is InChI=1S/C13H15NO/c1-2-3-9-11-12(14-11)13(15)10-7-5-4-6-8-10/h2,4-8,11-12,14H,1,3,9H2. The summed E-state index contributed by atoms with van der Waals surface area (Å²) < 4.78 is 0. The van der Waals surface area contributed by atoms with Crippen molar-refractivity contribution in [3.63, 3.8) is 0 Å². The third kappa shape index (κ3) is 2.34. The van der Waals surface area contributed by atoms with Crippen molar-refractivity contribution in [3.05, 3.63) is 48.6 Å². The summed E-state index contributed by atoms with van der Waals surface area (Å²) in [5.41, 5.74) is 0.802. The lowest BCUT2D eigenvalue weighted by molar-refractivity contribution is 0.0988. The number of benzene rings is 1. The van der Waals surface area contributed by atoms with Gasteiger partial charge in [0.15, 0.2) is 5.78 Å². The lowest BCUT2D eigenvalue weighted by atomic mass is 10.0. The minimum atomic E-state index is 0.0346. The number of Topliss-reactive ketones (excluding diaryl/α,β-unsaturated/α-hetero) is 1. The van der Waals surface area contributed by atoms with E-state index in [1.54, 1.807) is 0 Å². The minimum absolute atomic E-state index is 0.0346. The Morgan fingerprint density at radius 2 is 2.13 bits per heavy atom. The first-order valence-corrected chi connectivity index (χ1v) is 5.29. The Morgan fingerprint density at radius 1 is 1.40 bits per heavy atom. The van der Waals surface area contributed by atoms with E-state index >= 15 is 0 Å². The highest BCUT2D eigenvalue weighted by Crippen LogP contribution is 2.21. The number of hydrogen-bond donors (Lipinski definition) is 1. The monoisotopic (exact) mass is 201 g/mol. The van der Waals surface area contributed by atoms with Crippen LogP contribution in [0.3, 0.4) is 0 Å². The Bertz CT molecular complexity index is 358. The van der Waals surface area contributed by atoms with E-state index in [4.69, 9.17) is 0 Å². The first-order valence-electron chi connectivity index (χ1n) is 5.29. The zero-order valence-corrected chi connectivity index (χ0v) is 8.65. The van der Waals surface area contributed by atoms with Crippen LogP contribution in [0.15, 0.2) is 43.0 Å². The van der Waals surface area contributed by atoms with E-state index in [9.17, 15) is 4.79 Å². The zero-order chi connectivity index (χ0) is 10.7. The average molecular weight is 201 g/mol. The number of carbonyl (C=O) groups is 1. The first kappa shape index (κ1) is 10.1. The summed E-state index contributed by atoms with van der Waals surface area (Å²) in [7, 11) is 0. The average Bonchev–Trinajstić information content (AvgIpc) is 3.06. The Labute approximate surface area is 90.0 Å². The summed E-state index contributed by atoms with van der Waals surface area (Å²) in [6, 6.07) is 9.84. The fourth-order valence-corrected chi connectivity index (χ4v) is 1.76. The van der Waals surface area contributed by atoms with E-state index in [1.807, 2.05) is 36.4 Å². The Balaban J connectivity index is 1.92. The molecule has 2 rings (SSSR count). The smallest absolute Gasteiger partial charge is 0.181 e. The molecule has 15 heavy (non-hydrogen) atoms. The fourth-order valence-electron chi connectivity index (χ4n) is 1.76. The second-order valence-corrected chi connectivity index (χ2v) is 3.85. The van der Waals surface area contributed by atoms with Crippen molar-refractivity contribution < 1.29 is 4.79 Å². The molecule has 78 valence electrons. The molecule has 1 aliphatic rings. The number of hydrogen-bond acceptors (Lipinski definition) is 2. The molecule has 1 saturated heterocycles. The summed E-state index contributed by atoms with van der Waals surface area (Å²) in [4.78, 5) is 11.9. The molecule has 1 aliphatic heterocycles. The SMILES string of the molecule is C=CCCC1NC1C(=O)c1ccccc1. The molecule has 0 amide bonds. The van der Waals surface area contributed by atoms with Crippen molar-refractivity contribution in [3.8, 4) is 0 Å². The summed E-state index contributed by atoms with van der Waals surface area (Å²) in [6.07, 6.45) is 3.87. The van der Waals surface area contributed by atoms with E-state index in [2.05, 4.69) is 11.9 Å². The van der Waals surface area contributed by atoms with Crippen LogP contribution in [0.4, 0.5) is 0 Å².